The van der Waals surface area contributed by atoms with Crippen LogP contribution in [0.15, 0.2) is 0 Å². The average molecular weight is 621 g/mol. The van der Waals surface area contributed by atoms with Gasteiger partial charge in [0, 0.05) is 52.8 Å². The van der Waals surface area contributed by atoms with Gasteiger partial charge in [-0.15, -0.1) is 0 Å². The van der Waals surface area contributed by atoms with E-state index >= 15 is 0 Å². The predicted molar refractivity (Wildman–Crippen MR) is 120 cm³/mol. The number of carbonyl (C=O) groups is 3. The predicted octanol–water partition coefficient (Wildman–Crippen LogP) is 5.02. The summed E-state index contributed by atoms with van der Waals surface area (Å²) in [6.07, 6.45) is 16.8. The SMILES string of the molecule is CCCCCCCCCCCCCCCCCC(=O)OS(=O)(=O)NC(=O)CCC(=O)O.[Gd]. The molecular formula is C22H41GdNO7S. The van der Waals surface area contributed by atoms with E-state index in [9.17, 15) is 22.8 Å². The maximum absolute atomic E-state index is 11.6. The number of hydrogen-bond acceptors (Lipinski definition) is 6. The third kappa shape index (κ3) is 24.3. The minimum Gasteiger partial charge on any atom is -0.481 e. The Balaban J connectivity index is 0. The first kappa shape index (κ1) is 33.9. The van der Waals surface area contributed by atoms with E-state index in [0.29, 0.717) is 6.42 Å². The minimum absolute atomic E-state index is 0. The molecule has 1 amide bonds. The van der Waals surface area contributed by atoms with Crippen LogP contribution in [0.25, 0.3) is 0 Å². The Kier molecular flexibility index (Phi) is 23.8. The summed E-state index contributed by atoms with van der Waals surface area (Å²) in [6, 6.07) is 0. The van der Waals surface area contributed by atoms with Crippen LogP contribution in [-0.2, 0) is 28.9 Å². The van der Waals surface area contributed by atoms with Gasteiger partial charge in [0.1, 0.15) is 0 Å². The van der Waals surface area contributed by atoms with E-state index in [1.807, 2.05) is 0 Å². The van der Waals surface area contributed by atoms with Crippen LogP contribution < -0.4 is 4.72 Å². The molecule has 32 heavy (non-hydrogen) atoms. The Hall–Kier alpha value is -0.315. The molecule has 0 aliphatic heterocycles. The fourth-order valence-electron chi connectivity index (χ4n) is 3.24. The molecule has 10 heteroatoms. The third-order valence-corrected chi connectivity index (χ3v) is 5.87. The zero-order valence-corrected chi connectivity index (χ0v) is 22.5. The summed E-state index contributed by atoms with van der Waals surface area (Å²) in [5.74, 6) is -3.17. The molecule has 0 aromatic rings. The first-order chi connectivity index (χ1) is 14.8. The van der Waals surface area contributed by atoms with E-state index in [4.69, 9.17) is 5.11 Å². The van der Waals surface area contributed by atoms with Gasteiger partial charge in [-0.25, -0.2) is 4.72 Å². The van der Waals surface area contributed by atoms with Crippen LogP contribution in [0.5, 0.6) is 0 Å². The molecule has 0 fully saturated rings. The van der Waals surface area contributed by atoms with Crippen molar-refractivity contribution in [2.45, 2.75) is 122 Å². The molecule has 0 spiro atoms. The Morgan fingerprint density at radius 1 is 0.688 bits per heavy atom. The van der Waals surface area contributed by atoms with E-state index in [2.05, 4.69) is 11.1 Å². The Morgan fingerprint density at radius 3 is 1.50 bits per heavy atom. The van der Waals surface area contributed by atoms with Crippen molar-refractivity contribution in [3.05, 3.63) is 0 Å². The summed E-state index contributed by atoms with van der Waals surface area (Å²) in [5.41, 5.74) is 0. The van der Waals surface area contributed by atoms with Crippen molar-refractivity contribution in [3.8, 4) is 0 Å². The Bertz CT molecular complexity index is 611. The molecule has 0 saturated carbocycles. The molecule has 0 atom stereocenters. The van der Waals surface area contributed by atoms with Gasteiger partial charge in [0.25, 0.3) is 0 Å². The maximum Gasteiger partial charge on any atom is 0.412 e. The van der Waals surface area contributed by atoms with Gasteiger partial charge < -0.3 is 9.29 Å². The van der Waals surface area contributed by atoms with Crippen LogP contribution in [0, 0.1) is 39.9 Å². The van der Waals surface area contributed by atoms with Crippen molar-refractivity contribution in [2.24, 2.45) is 0 Å². The van der Waals surface area contributed by atoms with E-state index < -0.39 is 41.0 Å². The third-order valence-electron chi connectivity index (χ3n) is 4.99. The second kappa shape index (κ2) is 22.5. The molecule has 0 heterocycles. The summed E-state index contributed by atoms with van der Waals surface area (Å²) < 4.78 is 28.9. The quantitative estimate of drug-likeness (QED) is 0.173. The van der Waals surface area contributed by atoms with Crippen LogP contribution in [-0.4, -0.2) is 31.4 Å². The fourth-order valence-corrected chi connectivity index (χ4v) is 3.99. The van der Waals surface area contributed by atoms with Crippen molar-refractivity contribution < 1.29 is 72.0 Å². The average Bonchev–Trinajstić information content (AvgIpc) is 2.68. The van der Waals surface area contributed by atoms with Crippen LogP contribution >= 0.6 is 0 Å². The summed E-state index contributed by atoms with van der Waals surface area (Å²) in [7, 11) is -4.54. The monoisotopic (exact) mass is 621 g/mol. The van der Waals surface area contributed by atoms with Crippen molar-refractivity contribution in [1.82, 2.24) is 4.72 Å². The number of aliphatic carboxylic acids is 1. The fraction of sp³-hybridized carbons (Fsp3) is 0.864. The minimum atomic E-state index is -4.54. The molecule has 0 aromatic carbocycles. The number of amides is 1. The standard InChI is InChI=1S/C22H41NO7S.Gd/c1-2-3-4-5-6-7-8-9-10-11-12-13-14-15-16-17-22(27)30-31(28,29)23-20(24)18-19-21(25)26;/h2-19H2,1H3,(H,23,24)(H,25,26);. The van der Waals surface area contributed by atoms with Gasteiger partial charge in [0.15, 0.2) is 0 Å². The van der Waals surface area contributed by atoms with Crippen molar-refractivity contribution in [1.29, 1.82) is 0 Å². The molecule has 0 bridgehead atoms. The molecule has 2 N–H and O–H groups in total. The first-order valence-electron chi connectivity index (χ1n) is 11.8. The van der Waals surface area contributed by atoms with Gasteiger partial charge in [-0.1, -0.05) is 96.8 Å². The van der Waals surface area contributed by atoms with E-state index in [1.54, 1.807) is 0 Å². The van der Waals surface area contributed by atoms with Crippen molar-refractivity contribution in [2.75, 3.05) is 0 Å². The number of rotatable bonds is 21. The molecular weight excluding hydrogens is 580 g/mol. The second-order valence-electron chi connectivity index (χ2n) is 8.03. The Morgan fingerprint density at radius 2 is 1.09 bits per heavy atom. The van der Waals surface area contributed by atoms with Crippen LogP contribution in [0.3, 0.4) is 0 Å². The van der Waals surface area contributed by atoms with Gasteiger partial charge in [-0.05, 0) is 6.42 Å². The number of carbonyl (C=O) groups excluding carboxylic acids is 2. The van der Waals surface area contributed by atoms with Crippen LogP contribution in [0.4, 0.5) is 0 Å². The summed E-state index contributed by atoms with van der Waals surface area (Å²) >= 11 is 0. The second-order valence-corrected chi connectivity index (χ2v) is 9.31. The van der Waals surface area contributed by atoms with E-state index in [1.165, 1.54) is 75.4 Å². The zero-order chi connectivity index (χ0) is 23.4. The molecule has 8 nitrogen and oxygen atoms in total. The van der Waals surface area contributed by atoms with Gasteiger partial charge in [0.05, 0.1) is 6.42 Å². The van der Waals surface area contributed by atoms with E-state index in [-0.39, 0.29) is 46.4 Å². The molecule has 0 aromatic heterocycles. The number of hydrogen-bond donors (Lipinski definition) is 2. The van der Waals surface area contributed by atoms with Crippen LogP contribution in [0.2, 0.25) is 0 Å². The van der Waals surface area contributed by atoms with Crippen LogP contribution in [0.1, 0.15) is 122 Å². The molecule has 0 saturated heterocycles. The normalized spacial score (nSPS) is 10.9. The molecule has 0 radical (unpaired) electrons. The zero-order valence-electron chi connectivity index (χ0n) is 19.4. The molecule has 0 unspecified atom stereocenters. The van der Waals surface area contributed by atoms with Crippen molar-refractivity contribution in [3.63, 3.8) is 0 Å². The summed E-state index contributed by atoms with van der Waals surface area (Å²) in [5, 5.41) is 8.45. The molecule has 0 aliphatic rings. The first-order valence-corrected chi connectivity index (χ1v) is 13.2. The molecule has 0 aliphatic carbocycles. The number of carboxylic acid groups (broad SMARTS) is 1. The summed E-state index contributed by atoms with van der Waals surface area (Å²) in [4.78, 5) is 33.3. The molecule has 0 rings (SSSR count). The summed E-state index contributed by atoms with van der Waals surface area (Å²) in [6.45, 7) is 2.24. The molecule has 190 valence electrons. The van der Waals surface area contributed by atoms with E-state index in [0.717, 1.165) is 19.3 Å². The number of carboxylic acids is 1. The maximum atomic E-state index is 11.6. The van der Waals surface area contributed by atoms with Gasteiger partial charge >= 0.3 is 22.2 Å². The van der Waals surface area contributed by atoms with Gasteiger partial charge in [-0.3, -0.25) is 14.4 Å². The number of nitrogens with one attached hydrogen (secondary N) is 1. The van der Waals surface area contributed by atoms with Crippen molar-refractivity contribution >= 4 is 28.1 Å². The topological polar surface area (TPSA) is 127 Å². The van der Waals surface area contributed by atoms with Gasteiger partial charge in [-0.2, -0.15) is 8.42 Å². The largest absolute Gasteiger partial charge is 0.481 e. The smallest absolute Gasteiger partial charge is 0.412 e. The van der Waals surface area contributed by atoms with Gasteiger partial charge in [0.2, 0.25) is 5.91 Å². The number of unbranched alkanes of at least 4 members (excludes halogenated alkanes) is 14. The Labute approximate surface area is 226 Å².